The minimum absolute atomic E-state index is 0.117. The fourth-order valence-electron chi connectivity index (χ4n) is 2.83. The quantitative estimate of drug-likeness (QED) is 0.452. The molecule has 0 fully saturated rings. The first-order chi connectivity index (χ1) is 14.9. The molecule has 0 atom stereocenters. The molecule has 158 valence electrons. The fraction of sp³-hybridized carbons (Fsp3) is 0.0870. The van der Waals surface area contributed by atoms with Crippen LogP contribution in [0.15, 0.2) is 66.7 Å². The van der Waals surface area contributed by atoms with Gasteiger partial charge in [0.25, 0.3) is 11.8 Å². The van der Waals surface area contributed by atoms with Crippen molar-refractivity contribution >= 4 is 29.2 Å². The van der Waals surface area contributed by atoms with Crippen LogP contribution in [0, 0.1) is 0 Å². The molecule has 2 amide bonds. The van der Waals surface area contributed by atoms with Crippen molar-refractivity contribution in [3.05, 3.63) is 94.0 Å². The van der Waals surface area contributed by atoms with E-state index in [9.17, 15) is 14.4 Å². The highest BCUT2D eigenvalue weighted by atomic mass is 35.5. The Morgan fingerprint density at radius 2 is 1.26 bits per heavy atom. The molecule has 0 saturated carbocycles. The lowest BCUT2D eigenvalue weighted by atomic mass is 9.98. The van der Waals surface area contributed by atoms with E-state index >= 15 is 0 Å². The monoisotopic (exact) mass is 438 g/mol. The number of carbonyl (C=O) groups excluding carboxylic acids is 3. The lowest BCUT2D eigenvalue weighted by Gasteiger charge is -2.12. The Hall–Kier alpha value is -3.84. The molecule has 0 spiro atoms. The molecular formula is C23H19ClN2O5. The summed E-state index contributed by atoms with van der Waals surface area (Å²) in [6, 6.07) is 17.3. The molecule has 0 unspecified atom stereocenters. The van der Waals surface area contributed by atoms with Crippen molar-refractivity contribution in [1.82, 2.24) is 10.9 Å². The molecule has 0 heterocycles. The zero-order chi connectivity index (χ0) is 22.4. The molecule has 0 aliphatic heterocycles. The van der Waals surface area contributed by atoms with Crippen LogP contribution in [-0.4, -0.2) is 31.8 Å². The molecule has 3 rings (SSSR count). The smallest absolute Gasteiger partial charge is 0.270 e. The first kappa shape index (κ1) is 21.9. The molecule has 3 aromatic rings. The van der Waals surface area contributed by atoms with Crippen molar-refractivity contribution in [1.29, 1.82) is 0 Å². The summed E-state index contributed by atoms with van der Waals surface area (Å²) in [5, 5.41) is 0.500. The normalized spacial score (nSPS) is 10.2. The zero-order valence-electron chi connectivity index (χ0n) is 16.8. The third-order valence-electron chi connectivity index (χ3n) is 4.43. The van der Waals surface area contributed by atoms with E-state index in [1.807, 2.05) is 0 Å². The van der Waals surface area contributed by atoms with Gasteiger partial charge in [0, 0.05) is 27.8 Å². The Morgan fingerprint density at radius 1 is 0.710 bits per heavy atom. The molecule has 31 heavy (non-hydrogen) atoms. The summed E-state index contributed by atoms with van der Waals surface area (Å²) in [7, 11) is 2.93. The van der Waals surface area contributed by atoms with Gasteiger partial charge in [0.15, 0.2) is 5.78 Å². The van der Waals surface area contributed by atoms with Gasteiger partial charge in [-0.25, -0.2) is 0 Å². The third kappa shape index (κ3) is 5.21. The number of methoxy groups -OCH3 is 2. The van der Waals surface area contributed by atoms with Crippen LogP contribution in [0.4, 0.5) is 0 Å². The predicted molar refractivity (Wildman–Crippen MR) is 116 cm³/mol. The number of hydrazine groups is 1. The molecule has 0 bridgehead atoms. The average molecular weight is 439 g/mol. The van der Waals surface area contributed by atoms with Crippen molar-refractivity contribution in [3.63, 3.8) is 0 Å². The average Bonchev–Trinajstić information content (AvgIpc) is 2.81. The number of hydrogen-bond acceptors (Lipinski definition) is 5. The molecule has 2 N–H and O–H groups in total. The summed E-state index contributed by atoms with van der Waals surface area (Å²) in [5.41, 5.74) is 5.59. The summed E-state index contributed by atoms with van der Waals surface area (Å²) in [5.74, 6) is -0.705. The van der Waals surface area contributed by atoms with Crippen LogP contribution >= 0.6 is 11.6 Å². The van der Waals surface area contributed by atoms with E-state index in [4.69, 9.17) is 21.1 Å². The van der Waals surface area contributed by atoms with Crippen LogP contribution in [0.2, 0.25) is 5.02 Å². The van der Waals surface area contributed by atoms with E-state index in [0.29, 0.717) is 22.1 Å². The number of ether oxygens (including phenoxy) is 2. The fourth-order valence-corrected chi connectivity index (χ4v) is 2.95. The zero-order valence-corrected chi connectivity index (χ0v) is 17.5. The number of ketones is 1. The third-order valence-corrected chi connectivity index (χ3v) is 4.68. The van der Waals surface area contributed by atoms with Crippen LogP contribution in [0.3, 0.4) is 0 Å². The van der Waals surface area contributed by atoms with Crippen molar-refractivity contribution in [2.45, 2.75) is 0 Å². The second-order valence-electron chi connectivity index (χ2n) is 6.39. The highest BCUT2D eigenvalue weighted by Gasteiger charge is 2.19. The van der Waals surface area contributed by atoms with Gasteiger partial charge in [-0.05, 0) is 42.5 Å². The lowest BCUT2D eigenvalue weighted by molar-refractivity contribution is 0.0844. The summed E-state index contributed by atoms with van der Waals surface area (Å²) >= 11 is 5.87. The summed E-state index contributed by atoms with van der Waals surface area (Å²) in [4.78, 5) is 38.0. The lowest BCUT2D eigenvalue weighted by Crippen LogP contribution is -2.42. The highest BCUT2D eigenvalue weighted by Crippen LogP contribution is 2.22. The highest BCUT2D eigenvalue weighted by molar-refractivity contribution is 6.30. The molecule has 7 nitrogen and oxygen atoms in total. The van der Waals surface area contributed by atoms with E-state index in [1.165, 1.54) is 32.4 Å². The number of amides is 2. The van der Waals surface area contributed by atoms with E-state index in [-0.39, 0.29) is 22.5 Å². The number of rotatable bonds is 6. The van der Waals surface area contributed by atoms with Gasteiger partial charge >= 0.3 is 0 Å². The number of nitrogens with one attached hydrogen (secondary N) is 2. The maximum atomic E-state index is 12.8. The van der Waals surface area contributed by atoms with Gasteiger partial charge in [0.05, 0.1) is 19.8 Å². The predicted octanol–water partition coefficient (Wildman–Crippen LogP) is 3.66. The van der Waals surface area contributed by atoms with Crippen LogP contribution in [0.25, 0.3) is 0 Å². The first-order valence-electron chi connectivity index (χ1n) is 9.16. The summed E-state index contributed by atoms with van der Waals surface area (Å²) in [6.07, 6.45) is 0. The second-order valence-corrected chi connectivity index (χ2v) is 6.83. The first-order valence-corrected chi connectivity index (χ1v) is 9.53. The Kier molecular flexibility index (Phi) is 6.89. The van der Waals surface area contributed by atoms with Gasteiger partial charge in [0.2, 0.25) is 0 Å². The maximum Gasteiger partial charge on any atom is 0.270 e. The van der Waals surface area contributed by atoms with Crippen LogP contribution < -0.4 is 20.3 Å². The van der Waals surface area contributed by atoms with Crippen LogP contribution in [0.5, 0.6) is 11.5 Å². The molecule has 0 saturated heterocycles. The van der Waals surface area contributed by atoms with Gasteiger partial charge < -0.3 is 9.47 Å². The van der Waals surface area contributed by atoms with Gasteiger partial charge in [-0.3, -0.25) is 25.2 Å². The summed E-state index contributed by atoms with van der Waals surface area (Å²) < 4.78 is 10.3. The Labute approximate surface area is 183 Å². The Bertz CT molecular complexity index is 1110. The molecule has 0 aliphatic carbocycles. The standard InChI is InChI=1S/C23H19ClN2O5/c1-30-17-11-15(12-18(13-17)31-2)22(28)25-26-23(29)20-6-4-3-5-19(20)21(27)14-7-9-16(24)10-8-14/h3-13H,1-2H3,(H,25,28)(H,26,29). The topological polar surface area (TPSA) is 93.7 Å². The molecule has 8 heteroatoms. The molecule has 0 aliphatic rings. The van der Waals surface area contributed by atoms with E-state index in [2.05, 4.69) is 10.9 Å². The van der Waals surface area contributed by atoms with Crippen molar-refractivity contribution in [2.75, 3.05) is 14.2 Å². The molecule has 3 aromatic carbocycles. The second kappa shape index (κ2) is 9.77. The molecule has 0 radical (unpaired) electrons. The van der Waals surface area contributed by atoms with Crippen molar-refractivity contribution in [2.24, 2.45) is 0 Å². The van der Waals surface area contributed by atoms with Crippen molar-refractivity contribution < 1.29 is 23.9 Å². The Morgan fingerprint density at radius 3 is 1.84 bits per heavy atom. The van der Waals surface area contributed by atoms with Gasteiger partial charge in [-0.2, -0.15) is 0 Å². The summed E-state index contributed by atoms with van der Waals surface area (Å²) in [6.45, 7) is 0. The number of benzene rings is 3. The minimum atomic E-state index is -0.638. The number of halogens is 1. The SMILES string of the molecule is COc1cc(OC)cc(C(=O)NNC(=O)c2ccccc2C(=O)c2ccc(Cl)cc2)c1. The Balaban J connectivity index is 1.76. The number of hydrogen-bond donors (Lipinski definition) is 2. The van der Waals surface area contributed by atoms with E-state index in [0.717, 1.165) is 0 Å². The van der Waals surface area contributed by atoms with Gasteiger partial charge in [-0.15, -0.1) is 0 Å². The largest absolute Gasteiger partial charge is 0.497 e. The molecule has 0 aromatic heterocycles. The number of carbonyl (C=O) groups is 3. The minimum Gasteiger partial charge on any atom is -0.497 e. The van der Waals surface area contributed by atoms with Gasteiger partial charge in [0.1, 0.15) is 11.5 Å². The molecular weight excluding hydrogens is 420 g/mol. The van der Waals surface area contributed by atoms with E-state index < -0.39 is 11.8 Å². The van der Waals surface area contributed by atoms with E-state index in [1.54, 1.807) is 48.5 Å². The van der Waals surface area contributed by atoms with Crippen LogP contribution in [-0.2, 0) is 0 Å². The van der Waals surface area contributed by atoms with Gasteiger partial charge in [-0.1, -0.05) is 29.8 Å². The maximum absolute atomic E-state index is 12.8. The van der Waals surface area contributed by atoms with Crippen molar-refractivity contribution in [3.8, 4) is 11.5 Å². The van der Waals surface area contributed by atoms with Crippen LogP contribution in [0.1, 0.15) is 36.6 Å².